The van der Waals surface area contributed by atoms with Crippen molar-refractivity contribution in [2.24, 2.45) is 0 Å². The molecule has 1 aromatic carbocycles. The van der Waals surface area contributed by atoms with Gasteiger partial charge in [0.2, 0.25) is 5.91 Å². The standard InChI is InChI=1S/C16H18FN3O2/c1-11-9-15(21)20(10-13(11)17)8-7-19-16(22)12-5-3-4-6-14(12)18-2/h3-6,10,18H,1,7-9H2,2H3,(H,19,22). The summed E-state index contributed by atoms with van der Waals surface area (Å²) in [6, 6.07) is 7.10. The molecule has 6 heteroatoms. The SMILES string of the molecule is C=C1CC(=O)N(CCNC(=O)c2ccccc2NC)C=C1F. The summed E-state index contributed by atoms with van der Waals surface area (Å²) in [4.78, 5) is 25.1. The number of nitrogens with zero attached hydrogens (tertiary/aromatic N) is 1. The van der Waals surface area contributed by atoms with Gasteiger partial charge in [-0.15, -0.1) is 0 Å². The third-order valence-electron chi connectivity index (χ3n) is 3.37. The maximum atomic E-state index is 13.4. The van der Waals surface area contributed by atoms with Gasteiger partial charge in [-0.05, 0) is 17.7 Å². The minimum atomic E-state index is -0.494. The van der Waals surface area contributed by atoms with Crippen LogP contribution < -0.4 is 10.6 Å². The van der Waals surface area contributed by atoms with E-state index in [-0.39, 0.29) is 36.9 Å². The van der Waals surface area contributed by atoms with Crippen molar-refractivity contribution < 1.29 is 14.0 Å². The maximum Gasteiger partial charge on any atom is 0.253 e. The van der Waals surface area contributed by atoms with E-state index in [9.17, 15) is 14.0 Å². The average molecular weight is 303 g/mol. The number of carbonyl (C=O) groups is 2. The van der Waals surface area contributed by atoms with E-state index in [1.807, 2.05) is 6.07 Å². The van der Waals surface area contributed by atoms with Crippen LogP contribution >= 0.6 is 0 Å². The Kier molecular flexibility index (Phi) is 4.93. The number of hydrogen-bond acceptors (Lipinski definition) is 3. The number of halogens is 1. The fourth-order valence-corrected chi connectivity index (χ4v) is 2.14. The summed E-state index contributed by atoms with van der Waals surface area (Å²) in [5.74, 6) is -0.967. The van der Waals surface area contributed by atoms with E-state index < -0.39 is 5.83 Å². The first-order chi connectivity index (χ1) is 10.5. The molecule has 1 aromatic rings. The molecule has 1 heterocycles. The van der Waals surface area contributed by atoms with Gasteiger partial charge in [0.25, 0.3) is 5.91 Å². The number of nitrogens with one attached hydrogen (secondary N) is 2. The van der Waals surface area contributed by atoms with Crippen molar-refractivity contribution >= 4 is 17.5 Å². The molecule has 0 bridgehead atoms. The largest absolute Gasteiger partial charge is 0.387 e. The molecule has 1 aliphatic heterocycles. The number of benzene rings is 1. The number of hydrogen-bond donors (Lipinski definition) is 2. The van der Waals surface area contributed by atoms with Crippen molar-refractivity contribution in [3.63, 3.8) is 0 Å². The van der Waals surface area contributed by atoms with Crippen molar-refractivity contribution in [2.75, 3.05) is 25.5 Å². The number of carbonyl (C=O) groups excluding carboxylic acids is 2. The molecular weight excluding hydrogens is 285 g/mol. The van der Waals surface area contributed by atoms with E-state index in [4.69, 9.17) is 0 Å². The highest BCUT2D eigenvalue weighted by Gasteiger charge is 2.21. The van der Waals surface area contributed by atoms with E-state index in [0.717, 1.165) is 11.9 Å². The Hall–Kier alpha value is -2.63. The van der Waals surface area contributed by atoms with Crippen LogP contribution in [-0.2, 0) is 4.79 Å². The van der Waals surface area contributed by atoms with Gasteiger partial charge in [0.05, 0.1) is 12.0 Å². The Morgan fingerprint density at radius 3 is 2.86 bits per heavy atom. The molecule has 0 atom stereocenters. The lowest BCUT2D eigenvalue weighted by Gasteiger charge is -2.23. The van der Waals surface area contributed by atoms with Gasteiger partial charge in [-0.25, -0.2) is 4.39 Å². The molecule has 0 spiro atoms. The van der Waals surface area contributed by atoms with Crippen LogP contribution in [0.2, 0.25) is 0 Å². The Bertz CT molecular complexity index is 640. The van der Waals surface area contributed by atoms with Crippen LogP contribution in [0.5, 0.6) is 0 Å². The number of para-hydroxylation sites is 1. The zero-order valence-electron chi connectivity index (χ0n) is 12.4. The van der Waals surface area contributed by atoms with Crippen molar-refractivity contribution in [3.8, 4) is 0 Å². The lowest BCUT2D eigenvalue weighted by molar-refractivity contribution is -0.128. The Labute approximate surface area is 128 Å². The molecule has 0 unspecified atom stereocenters. The van der Waals surface area contributed by atoms with Crippen molar-refractivity contribution in [1.82, 2.24) is 10.2 Å². The molecule has 0 radical (unpaired) electrons. The molecule has 0 fully saturated rings. The summed E-state index contributed by atoms with van der Waals surface area (Å²) in [7, 11) is 1.74. The fourth-order valence-electron chi connectivity index (χ4n) is 2.14. The second-order valence-electron chi connectivity index (χ2n) is 4.90. The molecule has 2 rings (SSSR count). The average Bonchev–Trinajstić information content (AvgIpc) is 2.52. The van der Waals surface area contributed by atoms with Gasteiger partial charge in [-0.3, -0.25) is 9.59 Å². The first kappa shape index (κ1) is 15.8. The van der Waals surface area contributed by atoms with Crippen LogP contribution in [-0.4, -0.2) is 36.9 Å². The van der Waals surface area contributed by atoms with E-state index >= 15 is 0 Å². The van der Waals surface area contributed by atoms with Gasteiger partial charge in [-0.2, -0.15) is 0 Å². The fraction of sp³-hybridized carbons (Fsp3) is 0.250. The second-order valence-corrected chi connectivity index (χ2v) is 4.90. The van der Waals surface area contributed by atoms with Gasteiger partial charge in [0, 0.05) is 32.0 Å². The Morgan fingerprint density at radius 1 is 1.41 bits per heavy atom. The Balaban J connectivity index is 1.92. The molecule has 0 saturated heterocycles. The predicted octanol–water partition coefficient (Wildman–Crippen LogP) is 2.06. The number of amides is 2. The van der Waals surface area contributed by atoms with Crippen LogP contribution in [0, 0.1) is 0 Å². The minimum absolute atomic E-state index is 0.0289. The molecule has 5 nitrogen and oxygen atoms in total. The number of allylic oxidation sites excluding steroid dienone is 1. The monoisotopic (exact) mass is 303 g/mol. The molecule has 2 N–H and O–H groups in total. The molecule has 22 heavy (non-hydrogen) atoms. The lowest BCUT2D eigenvalue weighted by Crippen LogP contribution is -2.37. The molecule has 2 amide bonds. The zero-order chi connectivity index (χ0) is 16.1. The van der Waals surface area contributed by atoms with E-state index in [1.54, 1.807) is 25.2 Å². The molecule has 0 saturated carbocycles. The lowest BCUT2D eigenvalue weighted by atomic mass is 10.1. The summed E-state index contributed by atoms with van der Waals surface area (Å²) in [6.45, 7) is 3.93. The smallest absolute Gasteiger partial charge is 0.253 e. The molecule has 0 aromatic heterocycles. The van der Waals surface area contributed by atoms with Crippen LogP contribution in [0.25, 0.3) is 0 Å². The van der Waals surface area contributed by atoms with Gasteiger partial charge in [-0.1, -0.05) is 18.7 Å². The molecule has 0 aliphatic carbocycles. The van der Waals surface area contributed by atoms with Crippen LogP contribution in [0.4, 0.5) is 10.1 Å². The summed E-state index contributed by atoms with van der Waals surface area (Å²) in [5.41, 5.74) is 1.43. The Morgan fingerprint density at radius 2 is 2.14 bits per heavy atom. The van der Waals surface area contributed by atoms with Crippen molar-refractivity contribution in [2.45, 2.75) is 6.42 Å². The molecular formula is C16H18FN3O2. The maximum absolute atomic E-state index is 13.4. The van der Waals surface area contributed by atoms with E-state index in [0.29, 0.717) is 5.56 Å². The van der Waals surface area contributed by atoms with Gasteiger partial charge in [0.15, 0.2) is 0 Å². The first-order valence-electron chi connectivity index (χ1n) is 6.93. The molecule has 1 aliphatic rings. The summed E-state index contributed by atoms with van der Waals surface area (Å²) in [5, 5.41) is 5.66. The van der Waals surface area contributed by atoms with Crippen LogP contribution in [0.15, 0.2) is 48.4 Å². The number of rotatable bonds is 5. The van der Waals surface area contributed by atoms with Crippen molar-refractivity contribution in [3.05, 3.63) is 54.0 Å². The topological polar surface area (TPSA) is 61.4 Å². The van der Waals surface area contributed by atoms with E-state index in [2.05, 4.69) is 17.2 Å². The van der Waals surface area contributed by atoms with Crippen molar-refractivity contribution in [1.29, 1.82) is 0 Å². The normalized spacial score (nSPS) is 14.6. The quantitative estimate of drug-likeness (QED) is 0.875. The first-order valence-corrected chi connectivity index (χ1v) is 6.93. The number of anilines is 1. The predicted molar refractivity (Wildman–Crippen MR) is 83.0 cm³/mol. The van der Waals surface area contributed by atoms with Gasteiger partial charge < -0.3 is 15.5 Å². The highest BCUT2D eigenvalue weighted by atomic mass is 19.1. The van der Waals surface area contributed by atoms with Crippen LogP contribution in [0.1, 0.15) is 16.8 Å². The highest BCUT2D eigenvalue weighted by Crippen LogP contribution is 2.21. The third kappa shape index (κ3) is 3.52. The highest BCUT2D eigenvalue weighted by molar-refractivity contribution is 5.99. The van der Waals surface area contributed by atoms with E-state index in [1.165, 1.54) is 4.90 Å². The van der Waals surface area contributed by atoms with Gasteiger partial charge >= 0.3 is 0 Å². The van der Waals surface area contributed by atoms with Gasteiger partial charge in [0.1, 0.15) is 5.83 Å². The van der Waals surface area contributed by atoms with Crippen LogP contribution in [0.3, 0.4) is 0 Å². The molecule has 116 valence electrons. The second kappa shape index (κ2) is 6.89. The summed E-state index contributed by atoms with van der Waals surface area (Å²) >= 11 is 0. The minimum Gasteiger partial charge on any atom is -0.387 e. The zero-order valence-corrected chi connectivity index (χ0v) is 12.4. The third-order valence-corrected chi connectivity index (χ3v) is 3.37. The summed E-state index contributed by atoms with van der Waals surface area (Å²) < 4.78 is 13.4. The summed E-state index contributed by atoms with van der Waals surface area (Å²) in [6.07, 6.45) is 1.10.